The highest BCUT2D eigenvalue weighted by Crippen LogP contribution is 2.33. The maximum atomic E-state index is 15.0. The van der Waals surface area contributed by atoms with Crippen molar-refractivity contribution in [3.05, 3.63) is 87.4 Å². The van der Waals surface area contributed by atoms with Crippen molar-refractivity contribution in [1.29, 1.82) is 0 Å². The van der Waals surface area contributed by atoms with Crippen molar-refractivity contribution < 1.29 is 47.0 Å². The number of nitrogens with one attached hydrogen (secondary N) is 2. The number of carbonyl (C=O) groups is 5. The van der Waals surface area contributed by atoms with Crippen LogP contribution in [0.15, 0.2) is 60.0 Å². The normalized spacial score (nSPS) is 17.7. The van der Waals surface area contributed by atoms with Crippen LogP contribution < -0.4 is 10.6 Å². The van der Waals surface area contributed by atoms with Gasteiger partial charge in [-0.15, -0.1) is 11.3 Å². The van der Waals surface area contributed by atoms with E-state index >= 15 is 0 Å². The van der Waals surface area contributed by atoms with Gasteiger partial charge in [-0.1, -0.05) is 89.9 Å². The molecule has 0 aliphatic carbocycles. The van der Waals surface area contributed by atoms with Gasteiger partial charge < -0.3 is 25.4 Å². The standard InChI is InChI=1S/C45H60F3N5O7S/c1-8-28(4)39(51-41(56)36-16-12-13-21-52(36)7)43(57)53(25-32-14-10-9-11-15-32)37(27(2)3)24-38(60-30(6)54)42-50-35(26-61-42)40(55)49-34(22-29(5)44(58)59)23-31-17-19-33(20-18-31)45(46,47)48/h9-11,14-15,17-20,26-29,34,36-39H,8,12-13,16,21-25H2,1-7H3,(H,49,55)(H,51,56)(H,58,59)/t28-,29-,34+,36+,37+,38+,39-/m0/s1. The molecule has 1 aliphatic rings. The zero-order valence-corrected chi connectivity index (χ0v) is 36.9. The number of hydrogen-bond donors (Lipinski definition) is 3. The molecule has 2 heterocycles. The van der Waals surface area contributed by atoms with Gasteiger partial charge in [-0.3, -0.25) is 28.9 Å². The van der Waals surface area contributed by atoms with Gasteiger partial charge in [0.2, 0.25) is 11.8 Å². The Labute approximate surface area is 360 Å². The van der Waals surface area contributed by atoms with Crippen LogP contribution >= 0.6 is 11.3 Å². The van der Waals surface area contributed by atoms with Crippen LogP contribution in [0.2, 0.25) is 0 Å². The second kappa shape index (κ2) is 22.3. The lowest BCUT2D eigenvalue weighted by atomic mass is 9.91. The van der Waals surface area contributed by atoms with Crippen LogP contribution in [0.25, 0.3) is 0 Å². The van der Waals surface area contributed by atoms with Crippen LogP contribution in [0, 0.1) is 17.8 Å². The van der Waals surface area contributed by atoms with E-state index in [0.717, 1.165) is 48.4 Å². The lowest BCUT2D eigenvalue weighted by molar-refractivity contribution is -0.150. The Hall–Kier alpha value is -4.83. The molecule has 0 radical (unpaired) electrons. The number of thiazole rings is 1. The zero-order chi connectivity index (χ0) is 45.0. The maximum Gasteiger partial charge on any atom is 0.416 e. The van der Waals surface area contributed by atoms with Crippen molar-refractivity contribution in [2.24, 2.45) is 17.8 Å². The highest BCUT2D eigenvalue weighted by Gasteiger charge is 2.39. The van der Waals surface area contributed by atoms with Crippen LogP contribution in [0.4, 0.5) is 13.2 Å². The Morgan fingerprint density at radius 3 is 2.21 bits per heavy atom. The monoisotopic (exact) mass is 871 g/mol. The third kappa shape index (κ3) is 14.1. The lowest BCUT2D eigenvalue weighted by Crippen LogP contribution is -2.58. The SMILES string of the molecule is CC[C@H](C)[C@H](NC(=O)[C@H]1CCCCN1C)C(=O)N(Cc1ccccc1)[C@H](C[C@@H](OC(C)=O)c1nc(C(=O)N[C@@H](Cc2ccc(C(F)(F)F)cc2)C[C@H](C)C(=O)O)cs1)C(C)C. The summed E-state index contributed by atoms with van der Waals surface area (Å²) in [6, 6.07) is 11.5. The molecule has 2 aromatic carbocycles. The molecular formula is C45H60F3N5O7S. The third-order valence-electron chi connectivity index (χ3n) is 11.5. The summed E-state index contributed by atoms with van der Waals surface area (Å²) in [6.45, 7) is 11.6. The molecule has 3 aromatic rings. The molecule has 12 nitrogen and oxygen atoms in total. The fourth-order valence-corrected chi connectivity index (χ4v) is 8.51. The van der Waals surface area contributed by atoms with Gasteiger partial charge in [-0.25, -0.2) is 4.98 Å². The molecule has 0 unspecified atom stereocenters. The number of amides is 3. The molecule has 1 saturated heterocycles. The van der Waals surface area contributed by atoms with Gasteiger partial charge in [0.05, 0.1) is 17.5 Å². The summed E-state index contributed by atoms with van der Waals surface area (Å²) in [5, 5.41) is 17.3. The minimum Gasteiger partial charge on any atom is -0.481 e. The van der Waals surface area contributed by atoms with E-state index < -0.39 is 59.7 Å². The summed E-state index contributed by atoms with van der Waals surface area (Å²) < 4.78 is 45.5. The fraction of sp³-hybridized carbons (Fsp3) is 0.556. The zero-order valence-electron chi connectivity index (χ0n) is 36.0. The lowest BCUT2D eigenvalue weighted by Gasteiger charge is -2.40. The predicted molar refractivity (Wildman–Crippen MR) is 226 cm³/mol. The van der Waals surface area contributed by atoms with Gasteiger partial charge in [0.25, 0.3) is 5.91 Å². The van der Waals surface area contributed by atoms with Crippen LogP contribution in [-0.2, 0) is 43.1 Å². The molecule has 61 heavy (non-hydrogen) atoms. The number of piperidine rings is 1. The topological polar surface area (TPSA) is 158 Å². The fourth-order valence-electron chi connectivity index (χ4n) is 7.67. The summed E-state index contributed by atoms with van der Waals surface area (Å²) in [6.07, 6.45) is -2.09. The maximum absolute atomic E-state index is 15.0. The van der Waals surface area contributed by atoms with E-state index in [-0.39, 0.29) is 61.2 Å². The number of carboxylic acids is 1. The second-order valence-corrected chi connectivity index (χ2v) is 17.5. The first-order valence-corrected chi connectivity index (χ1v) is 21.8. The minimum atomic E-state index is -4.53. The molecule has 1 aromatic heterocycles. The summed E-state index contributed by atoms with van der Waals surface area (Å²) >= 11 is 1.08. The number of halogens is 3. The second-order valence-electron chi connectivity index (χ2n) is 16.6. The first-order chi connectivity index (χ1) is 28.8. The van der Waals surface area contributed by atoms with Crippen molar-refractivity contribution in [3.63, 3.8) is 0 Å². The molecule has 7 atom stereocenters. The number of aliphatic carboxylic acids is 1. The third-order valence-corrected chi connectivity index (χ3v) is 12.4. The number of likely N-dealkylation sites (tertiary alicyclic amines) is 1. The van der Waals surface area contributed by atoms with Gasteiger partial charge in [0, 0.05) is 37.4 Å². The van der Waals surface area contributed by atoms with Crippen LogP contribution in [0.5, 0.6) is 0 Å². The molecule has 1 fully saturated rings. The number of esters is 1. The van der Waals surface area contributed by atoms with E-state index in [1.807, 2.05) is 70.0 Å². The smallest absolute Gasteiger partial charge is 0.416 e. The minimum absolute atomic E-state index is 0.00797. The number of nitrogens with zero attached hydrogens (tertiary/aromatic N) is 3. The highest BCUT2D eigenvalue weighted by molar-refractivity contribution is 7.09. The molecular weight excluding hydrogens is 812 g/mol. The van der Waals surface area contributed by atoms with E-state index in [9.17, 15) is 42.3 Å². The number of ether oxygens (including phenoxy) is 1. The Bertz CT molecular complexity index is 1930. The van der Waals surface area contributed by atoms with E-state index in [2.05, 4.69) is 15.6 Å². The summed E-state index contributed by atoms with van der Waals surface area (Å²) in [5.41, 5.74) is 0.479. The van der Waals surface area contributed by atoms with Gasteiger partial charge in [0.15, 0.2) is 6.10 Å². The van der Waals surface area contributed by atoms with Crippen LogP contribution in [0.1, 0.15) is 118 Å². The summed E-state index contributed by atoms with van der Waals surface area (Å²) in [4.78, 5) is 75.2. The molecule has 16 heteroatoms. The molecule has 3 N–H and O–H groups in total. The Kier molecular flexibility index (Phi) is 17.9. The number of alkyl halides is 3. The van der Waals surface area contributed by atoms with E-state index in [4.69, 9.17) is 4.74 Å². The summed E-state index contributed by atoms with van der Waals surface area (Å²) in [5.74, 6) is -4.05. The number of aromatic nitrogens is 1. The Morgan fingerprint density at radius 2 is 1.64 bits per heavy atom. The average molecular weight is 872 g/mol. The van der Waals surface area contributed by atoms with Crippen molar-refractivity contribution in [2.45, 2.75) is 129 Å². The van der Waals surface area contributed by atoms with E-state index in [1.165, 1.54) is 31.4 Å². The average Bonchev–Trinajstić information content (AvgIpc) is 3.71. The van der Waals surface area contributed by atoms with E-state index in [1.54, 1.807) is 4.90 Å². The molecule has 334 valence electrons. The number of benzene rings is 2. The summed E-state index contributed by atoms with van der Waals surface area (Å²) in [7, 11) is 1.92. The van der Waals surface area contributed by atoms with Gasteiger partial charge in [-0.2, -0.15) is 13.2 Å². The van der Waals surface area contributed by atoms with Gasteiger partial charge in [-0.05, 0) is 74.4 Å². The molecule has 1 aliphatic heterocycles. The van der Waals surface area contributed by atoms with Crippen LogP contribution in [-0.4, -0.2) is 87.3 Å². The van der Waals surface area contributed by atoms with Crippen molar-refractivity contribution >= 4 is 41.0 Å². The van der Waals surface area contributed by atoms with Crippen LogP contribution in [0.3, 0.4) is 0 Å². The Morgan fingerprint density at radius 1 is 0.967 bits per heavy atom. The van der Waals surface area contributed by atoms with Crippen molar-refractivity contribution in [2.75, 3.05) is 13.6 Å². The van der Waals surface area contributed by atoms with E-state index in [0.29, 0.717) is 23.4 Å². The Balaban J connectivity index is 1.64. The molecule has 4 rings (SSSR count). The van der Waals surface area contributed by atoms with Crippen molar-refractivity contribution in [3.8, 4) is 0 Å². The largest absolute Gasteiger partial charge is 0.481 e. The number of hydrogen-bond acceptors (Lipinski definition) is 9. The van der Waals surface area contributed by atoms with Gasteiger partial charge >= 0.3 is 18.1 Å². The number of carboxylic acid groups (broad SMARTS) is 1. The molecule has 0 spiro atoms. The predicted octanol–water partition coefficient (Wildman–Crippen LogP) is 7.68. The number of carbonyl (C=O) groups excluding carboxylic acids is 4. The number of likely N-dealkylation sites (N-methyl/N-ethyl adjacent to an activating group) is 1. The van der Waals surface area contributed by atoms with Gasteiger partial charge in [0.1, 0.15) is 16.7 Å². The van der Waals surface area contributed by atoms with Crippen molar-refractivity contribution in [1.82, 2.24) is 25.4 Å². The molecule has 3 amide bonds. The quantitative estimate of drug-likeness (QED) is 0.0970. The molecule has 0 saturated carbocycles. The number of rotatable bonds is 20. The first kappa shape index (κ1) is 48.8. The first-order valence-electron chi connectivity index (χ1n) is 21.0. The highest BCUT2D eigenvalue weighted by atomic mass is 32.1. The molecule has 0 bridgehead atoms.